The second-order valence-corrected chi connectivity index (χ2v) is 3.63. The molecule has 16 heavy (non-hydrogen) atoms. The van der Waals surface area contributed by atoms with Gasteiger partial charge in [-0.25, -0.2) is 9.18 Å². The van der Waals surface area contributed by atoms with Gasteiger partial charge in [-0.3, -0.25) is 5.32 Å². The third-order valence-electron chi connectivity index (χ3n) is 1.72. The maximum Gasteiger partial charge on any atom is 0.324 e. The van der Waals surface area contributed by atoms with Crippen LogP contribution in [-0.2, 0) is 0 Å². The van der Waals surface area contributed by atoms with E-state index < -0.39 is 11.8 Å². The van der Waals surface area contributed by atoms with Crippen molar-refractivity contribution in [2.24, 2.45) is 0 Å². The Hall–Kier alpha value is -2.02. The van der Waals surface area contributed by atoms with Gasteiger partial charge in [0.15, 0.2) is 0 Å². The molecule has 82 valence electrons. The van der Waals surface area contributed by atoms with E-state index in [9.17, 15) is 9.18 Å². The lowest BCUT2D eigenvalue weighted by atomic mass is 10.3. The van der Waals surface area contributed by atoms with E-state index in [0.717, 1.165) is 11.5 Å². The van der Waals surface area contributed by atoms with E-state index in [-0.39, 0.29) is 5.69 Å². The van der Waals surface area contributed by atoms with Gasteiger partial charge in [-0.2, -0.15) is 0 Å². The number of rotatable bonds is 2. The van der Waals surface area contributed by atoms with Crippen LogP contribution in [0.15, 0.2) is 30.5 Å². The first-order valence-electron chi connectivity index (χ1n) is 4.35. The molecule has 2 aromatic rings. The molecule has 0 aliphatic heterocycles. The van der Waals surface area contributed by atoms with Crippen LogP contribution in [0.4, 0.5) is 19.9 Å². The molecular weight excluding hydrogens is 231 g/mol. The van der Waals surface area contributed by atoms with Crippen LogP contribution in [0.3, 0.4) is 0 Å². The lowest BCUT2D eigenvalue weighted by Crippen LogP contribution is -2.19. The van der Waals surface area contributed by atoms with Crippen molar-refractivity contribution in [3.8, 4) is 0 Å². The highest BCUT2D eigenvalue weighted by Crippen LogP contribution is 2.14. The molecule has 0 spiro atoms. The summed E-state index contributed by atoms with van der Waals surface area (Å²) in [7, 11) is 0. The van der Waals surface area contributed by atoms with Crippen molar-refractivity contribution in [3.63, 3.8) is 0 Å². The normalized spacial score (nSPS) is 9.81. The number of urea groups is 1. The second-order valence-electron chi connectivity index (χ2n) is 2.84. The van der Waals surface area contributed by atoms with E-state index in [4.69, 9.17) is 0 Å². The van der Waals surface area contributed by atoms with Crippen LogP contribution in [0.5, 0.6) is 0 Å². The smallest absolute Gasteiger partial charge is 0.305 e. The van der Waals surface area contributed by atoms with Crippen molar-refractivity contribution >= 4 is 28.3 Å². The maximum absolute atomic E-state index is 13.2. The Kier molecular flexibility index (Phi) is 3.06. The molecule has 0 aliphatic carbocycles. The monoisotopic (exact) mass is 238 g/mol. The molecule has 0 unspecified atom stereocenters. The number of amides is 2. The number of para-hydroxylation sites is 1. The number of hydrogen-bond donors (Lipinski definition) is 2. The average Bonchev–Trinajstić information content (AvgIpc) is 2.74. The van der Waals surface area contributed by atoms with Gasteiger partial charge >= 0.3 is 6.03 Å². The Morgan fingerprint density at radius 3 is 2.81 bits per heavy atom. The molecule has 7 heteroatoms. The van der Waals surface area contributed by atoms with E-state index in [2.05, 4.69) is 20.2 Å². The predicted molar refractivity (Wildman–Crippen MR) is 59.0 cm³/mol. The fourth-order valence-corrected chi connectivity index (χ4v) is 1.47. The minimum atomic E-state index is -0.531. The molecule has 1 heterocycles. The molecule has 2 amide bonds. The van der Waals surface area contributed by atoms with E-state index in [1.54, 1.807) is 12.1 Å². The summed E-state index contributed by atoms with van der Waals surface area (Å²) in [5.74, 6) is -0.486. The summed E-state index contributed by atoms with van der Waals surface area (Å²) in [5.41, 5.74) is 0.123. The van der Waals surface area contributed by atoms with E-state index in [1.165, 1.54) is 18.3 Å². The number of halogens is 1. The number of hydrogen-bond acceptors (Lipinski definition) is 4. The molecule has 1 aromatic heterocycles. The van der Waals surface area contributed by atoms with Gasteiger partial charge in [0, 0.05) is 11.5 Å². The largest absolute Gasteiger partial charge is 0.324 e. The number of nitrogens with zero attached hydrogens (tertiary/aromatic N) is 2. The number of aromatic nitrogens is 2. The molecule has 0 saturated carbocycles. The Morgan fingerprint density at radius 1 is 1.31 bits per heavy atom. The highest BCUT2D eigenvalue weighted by atomic mass is 32.1. The average molecular weight is 238 g/mol. The van der Waals surface area contributed by atoms with Gasteiger partial charge < -0.3 is 5.32 Å². The molecule has 0 fully saturated rings. The summed E-state index contributed by atoms with van der Waals surface area (Å²) in [6.45, 7) is 0. The molecule has 2 N–H and O–H groups in total. The van der Waals surface area contributed by atoms with E-state index in [1.807, 2.05) is 0 Å². The third kappa shape index (κ3) is 2.51. The predicted octanol–water partition coefficient (Wildman–Crippen LogP) is 2.32. The zero-order valence-corrected chi connectivity index (χ0v) is 8.79. The van der Waals surface area contributed by atoms with Gasteiger partial charge in [0.1, 0.15) is 10.8 Å². The molecule has 0 saturated heterocycles. The summed E-state index contributed by atoms with van der Waals surface area (Å²) in [4.78, 5) is 11.4. The number of carbonyl (C=O) groups excluding carboxylic acids is 1. The number of benzene rings is 1. The molecule has 1 aromatic carbocycles. The fourth-order valence-electron chi connectivity index (χ4n) is 1.05. The molecular formula is C9H7FN4OS. The van der Waals surface area contributed by atoms with Gasteiger partial charge in [0.05, 0.1) is 11.9 Å². The fraction of sp³-hybridized carbons (Fsp3) is 0. The quantitative estimate of drug-likeness (QED) is 0.843. The van der Waals surface area contributed by atoms with Crippen molar-refractivity contribution in [2.75, 3.05) is 10.6 Å². The van der Waals surface area contributed by atoms with Crippen molar-refractivity contribution in [2.45, 2.75) is 0 Å². The standard InChI is InChI=1S/C9H7FN4OS/c10-6-3-1-2-4-7(6)12-9(15)13-8-5-11-14-16-8/h1-5H,(H2,12,13,15). The van der Waals surface area contributed by atoms with Crippen molar-refractivity contribution in [1.29, 1.82) is 0 Å². The third-order valence-corrected chi connectivity index (χ3v) is 2.30. The maximum atomic E-state index is 13.2. The Balaban J connectivity index is 2.00. The summed E-state index contributed by atoms with van der Waals surface area (Å²) < 4.78 is 16.7. The minimum Gasteiger partial charge on any atom is -0.305 e. The lowest BCUT2D eigenvalue weighted by Gasteiger charge is -2.05. The highest BCUT2D eigenvalue weighted by Gasteiger charge is 2.06. The van der Waals surface area contributed by atoms with E-state index >= 15 is 0 Å². The SMILES string of the molecule is O=C(Nc1cnns1)Nc1ccccc1F. The van der Waals surface area contributed by atoms with Crippen LogP contribution in [0.2, 0.25) is 0 Å². The van der Waals surface area contributed by atoms with Gasteiger partial charge in [-0.15, -0.1) is 5.10 Å². The minimum absolute atomic E-state index is 0.123. The summed E-state index contributed by atoms with van der Waals surface area (Å²) in [6, 6.07) is 5.39. The molecule has 2 rings (SSSR count). The molecule has 5 nitrogen and oxygen atoms in total. The highest BCUT2D eigenvalue weighted by molar-refractivity contribution is 7.10. The summed E-state index contributed by atoms with van der Waals surface area (Å²) in [6.07, 6.45) is 1.41. The zero-order chi connectivity index (χ0) is 11.4. The molecule has 0 bridgehead atoms. The van der Waals surface area contributed by atoms with Crippen molar-refractivity contribution < 1.29 is 9.18 Å². The Labute approximate surface area is 94.5 Å². The van der Waals surface area contributed by atoms with Crippen LogP contribution in [0.25, 0.3) is 0 Å². The first-order valence-corrected chi connectivity index (χ1v) is 5.13. The Morgan fingerprint density at radius 2 is 2.12 bits per heavy atom. The van der Waals surface area contributed by atoms with Crippen molar-refractivity contribution in [1.82, 2.24) is 9.59 Å². The summed E-state index contributed by atoms with van der Waals surface area (Å²) >= 11 is 1.04. The first-order chi connectivity index (χ1) is 7.75. The van der Waals surface area contributed by atoms with Gasteiger partial charge in [-0.05, 0) is 12.1 Å². The number of carbonyl (C=O) groups is 1. The van der Waals surface area contributed by atoms with Gasteiger partial charge in [0.25, 0.3) is 0 Å². The van der Waals surface area contributed by atoms with E-state index in [0.29, 0.717) is 5.00 Å². The van der Waals surface area contributed by atoms with Crippen LogP contribution in [-0.4, -0.2) is 15.6 Å². The van der Waals surface area contributed by atoms with Crippen LogP contribution in [0.1, 0.15) is 0 Å². The zero-order valence-electron chi connectivity index (χ0n) is 7.98. The summed E-state index contributed by atoms with van der Waals surface area (Å²) in [5, 5.41) is 8.90. The lowest BCUT2D eigenvalue weighted by molar-refractivity contribution is 0.262. The molecule has 0 atom stereocenters. The van der Waals surface area contributed by atoms with Crippen LogP contribution < -0.4 is 10.6 Å². The second kappa shape index (κ2) is 4.67. The molecule has 0 aliphatic rings. The topological polar surface area (TPSA) is 66.9 Å². The van der Waals surface area contributed by atoms with Crippen LogP contribution >= 0.6 is 11.5 Å². The molecule has 0 radical (unpaired) electrons. The van der Waals surface area contributed by atoms with Crippen molar-refractivity contribution in [3.05, 3.63) is 36.3 Å². The number of anilines is 2. The van der Waals surface area contributed by atoms with Gasteiger partial charge in [0.2, 0.25) is 0 Å². The Bertz CT molecular complexity index is 488. The van der Waals surface area contributed by atoms with Gasteiger partial charge in [-0.1, -0.05) is 16.6 Å². The van der Waals surface area contributed by atoms with Crippen LogP contribution in [0, 0.1) is 5.82 Å². The first kappa shape index (κ1) is 10.5. The number of nitrogens with one attached hydrogen (secondary N) is 2.